The van der Waals surface area contributed by atoms with Gasteiger partial charge < -0.3 is 42.6 Å². The molecule has 5 aromatic carbocycles. The van der Waals surface area contributed by atoms with Crippen molar-refractivity contribution >= 4 is 53.1 Å². The minimum absolute atomic E-state index is 0.0462. The number of fused-ring (bicyclic) bond motifs is 1. The molecule has 2 saturated heterocycles. The van der Waals surface area contributed by atoms with E-state index >= 15 is 0 Å². The van der Waals surface area contributed by atoms with Crippen LogP contribution in [0.1, 0.15) is 58.2 Å². The van der Waals surface area contributed by atoms with Gasteiger partial charge in [0.05, 0.1) is 37.6 Å². The molecule has 0 N–H and O–H groups in total. The molecular weight excluding hydrogens is 942 g/mol. The summed E-state index contributed by atoms with van der Waals surface area (Å²) in [7, 11) is 0. The number of carbonyl (C=O) groups is 5. The second-order valence-electron chi connectivity index (χ2n) is 16.7. The van der Waals surface area contributed by atoms with Gasteiger partial charge in [0.25, 0.3) is 11.8 Å². The van der Waals surface area contributed by atoms with Crippen molar-refractivity contribution in [3.8, 4) is 0 Å². The lowest BCUT2D eigenvalue weighted by Crippen LogP contribution is -2.69. The smallest absolute Gasteiger partial charge is 0.303 e. The lowest BCUT2D eigenvalue weighted by molar-refractivity contribution is -0.329. The molecule has 3 aliphatic heterocycles. The summed E-state index contributed by atoms with van der Waals surface area (Å²) in [6, 6.07) is 40.5. The minimum Gasteiger partial charge on any atom is -0.463 e. The molecule has 8 rings (SSSR count). The van der Waals surface area contributed by atoms with Crippen LogP contribution in [0.2, 0.25) is 5.02 Å². The van der Waals surface area contributed by atoms with Crippen LogP contribution in [0.3, 0.4) is 0 Å². The topological polar surface area (TPSA) is 172 Å². The molecule has 0 aliphatic carbocycles. The van der Waals surface area contributed by atoms with Crippen LogP contribution in [0.15, 0.2) is 144 Å². The van der Waals surface area contributed by atoms with Crippen molar-refractivity contribution in [2.75, 3.05) is 13.2 Å². The second-order valence-corrected chi connectivity index (χ2v) is 18.4. The standard InChI is InChI=1S/C53H52ClNO14S/c1-32(56)62-31-43-46(65-33(2)57)47(66-34(3)58)44(55-50(59)40-21-13-14-22-41(40)51(55)60)52(67-43)69-49-48(64-29-37-19-11-6-12-20-37)45(63-28-36-17-9-5-10-18-36)42(30-61-27-35-15-7-4-8-16-35)68-53(49)70-39-25-23-38(54)24-26-39/h4-26,42-49,52-53H,27-31H2,1-3H3/t42-,43-,44-,45-,46-,47-,48+,49+,52+,53-/m1/s1. The fourth-order valence-electron chi connectivity index (χ4n) is 8.59. The molecule has 70 heavy (non-hydrogen) atoms. The molecule has 0 aromatic heterocycles. The molecule has 366 valence electrons. The lowest BCUT2D eigenvalue weighted by atomic mass is 9.94. The molecule has 0 bridgehead atoms. The van der Waals surface area contributed by atoms with Crippen LogP contribution in [0.4, 0.5) is 0 Å². The zero-order valence-corrected chi connectivity index (χ0v) is 40.1. The van der Waals surface area contributed by atoms with Crippen LogP contribution in [-0.2, 0) is 76.8 Å². The van der Waals surface area contributed by atoms with Crippen LogP contribution in [0.25, 0.3) is 0 Å². The van der Waals surface area contributed by atoms with Crippen LogP contribution >= 0.6 is 23.4 Å². The summed E-state index contributed by atoms with van der Waals surface area (Å²) in [6.45, 7) is 3.44. The summed E-state index contributed by atoms with van der Waals surface area (Å²) in [5, 5.41) is 0.504. The summed E-state index contributed by atoms with van der Waals surface area (Å²) >= 11 is 7.65. The van der Waals surface area contributed by atoms with E-state index in [1.807, 2.05) is 103 Å². The molecule has 0 spiro atoms. The number of amides is 2. The van der Waals surface area contributed by atoms with Crippen molar-refractivity contribution in [1.82, 2.24) is 4.90 Å². The number of benzene rings is 5. The van der Waals surface area contributed by atoms with E-state index in [1.165, 1.54) is 30.8 Å². The summed E-state index contributed by atoms with van der Waals surface area (Å²) < 4.78 is 58.4. The van der Waals surface area contributed by atoms with Crippen molar-refractivity contribution in [2.24, 2.45) is 0 Å². The first kappa shape index (κ1) is 50.4. The van der Waals surface area contributed by atoms with Gasteiger partial charge in [0.15, 0.2) is 18.5 Å². The summed E-state index contributed by atoms with van der Waals surface area (Å²) in [5.74, 6) is -3.84. The molecule has 3 aliphatic rings. The minimum atomic E-state index is -1.70. The highest BCUT2D eigenvalue weighted by molar-refractivity contribution is 7.99. The lowest BCUT2D eigenvalue weighted by Gasteiger charge is -2.51. The molecule has 10 atom stereocenters. The maximum absolute atomic E-state index is 14.6. The number of hydrogen-bond acceptors (Lipinski definition) is 15. The highest BCUT2D eigenvalue weighted by atomic mass is 35.5. The van der Waals surface area contributed by atoms with Gasteiger partial charge >= 0.3 is 17.9 Å². The molecule has 15 nitrogen and oxygen atoms in total. The number of imide groups is 1. The Morgan fingerprint density at radius 3 is 1.60 bits per heavy atom. The molecule has 5 aromatic rings. The summed E-state index contributed by atoms with van der Waals surface area (Å²) in [5.41, 5.74) is 1.79. The normalized spacial score (nSPS) is 25.2. The van der Waals surface area contributed by atoms with E-state index < -0.39 is 96.8 Å². The first-order valence-corrected chi connectivity index (χ1v) is 23.9. The Balaban J connectivity index is 1.26. The zero-order chi connectivity index (χ0) is 49.1. The first-order valence-electron chi connectivity index (χ1n) is 22.7. The van der Waals surface area contributed by atoms with Gasteiger partial charge in [-0.2, -0.15) is 0 Å². The second kappa shape index (κ2) is 23.8. The fourth-order valence-corrected chi connectivity index (χ4v) is 9.83. The van der Waals surface area contributed by atoms with Gasteiger partial charge in [-0.1, -0.05) is 126 Å². The number of halogens is 1. The highest BCUT2D eigenvalue weighted by Gasteiger charge is 2.59. The molecular formula is C53H52ClNO14S. The van der Waals surface area contributed by atoms with E-state index in [4.69, 9.17) is 54.2 Å². The summed E-state index contributed by atoms with van der Waals surface area (Å²) in [4.78, 5) is 69.1. The predicted molar refractivity (Wildman–Crippen MR) is 254 cm³/mol. The third-order valence-electron chi connectivity index (χ3n) is 11.7. The van der Waals surface area contributed by atoms with E-state index in [-0.39, 0.29) is 37.6 Å². The van der Waals surface area contributed by atoms with E-state index in [0.29, 0.717) is 5.02 Å². The highest BCUT2D eigenvalue weighted by Crippen LogP contribution is 2.42. The number of thioether (sulfide) groups is 1. The Morgan fingerprint density at radius 2 is 1.06 bits per heavy atom. The van der Waals surface area contributed by atoms with Crippen LogP contribution in [0, 0.1) is 0 Å². The predicted octanol–water partition coefficient (Wildman–Crippen LogP) is 7.75. The third-order valence-corrected chi connectivity index (χ3v) is 13.1. The van der Waals surface area contributed by atoms with Gasteiger partial charge in [-0.15, -0.1) is 0 Å². The monoisotopic (exact) mass is 993 g/mol. The Bertz CT molecular complexity index is 2540. The molecule has 0 saturated carbocycles. The first-order chi connectivity index (χ1) is 33.9. The van der Waals surface area contributed by atoms with E-state index in [1.54, 1.807) is 24.3 Å². The third kappa shape index (κ3) is 12.5. The van der Waals surface area contributed by atoms with Crippen molar-refractivity contribution in [3.05, 3.63) is 172 Å². The van der Waals surface area contributed by atoms with Crippen LogP contribution < -0.4 is 0 Å². The van der Waals surface area contributed by atoms with E-state index in [9.17, 15) is 24.0 Å². The molecule has 3 heterocycles. The number of rotatable bonds is 19. The molecule has 0 unspecified atom stereocenters. The molecule has 2 amide bonds. The largest absolute Gasteiger partial charge is 0.463 e. The summed E-state index contributed by atoms with van der Waals surface area (Å²) in [6.07, 6.45) is -10.2. The van der Waals surface area contributed by atoms with Crippen molar-refractivity contribution in [3.63, 3.8) is 0 Å². The van der Waals surface area contributed by atoms with Crippen LogP contribution in [0.5, 0.6) is 0 Å². The van der Waals surface area contributed by atoms with Gasteiger partial charge in [-0.3, -0.25) is 28.9 Å². The van der Waals surface area contributed by atoms with Gasteiger partial charge in [-0.05, 0) is 53.1 Å². The average Bonchev–Trinajstić information content (AvgIpc) is 3.60. The maximum atomic E-state index is 14.6. The van der Waals surface area contributed by atoms with Gasteiger partial charge in [0.2, 0.25) is 0 Å². The van der Waals surface area contributed by atoms with Gasteiger partial charge in [0, 0.05) is 30.7 Å². The molecule has 2 fully saturated rings. The number of ether oxygens (including phenoxy) is 9. The van der Waals surface area contributed by atoms with Crippen molar-refractivity contribution in [2.45, 2.75) is 106 Å². The fraction of sp³-hybridized carbons (Fsp3) is 0.340. The number of esters is 3. The Kier molecular flexibility index (Phi) is 17.1. The molecule has 17 heteroatoms. The van der Waals surface area contributed by atoms with E-state index in [2.05, 4.69) is 0 Å². The Hall–Kier alpha value is -5.95. The SMILES string of the molecule is CC(=O)OC[C@H]1O[C@@H](O[C@H]2[C@@H](OCc3ccccc3)[C@H](OCc3ccccc3)[C@@H](COCc3ccccc3)O[C@@H]2Sc2ccc(Cl)cc2)[C@H](N2C(=O)c3ccccc3C2=O)[C@@H](OC(C)=O)[C@@H]1OC(C)=O. The Labute approximate surface area is 414 Å². The molecule has 0 radical (unpaired) electrons. The number of hydrogen-bond donors (Lipinski definition) is 0. The maximum Gasteiger partial charge on any atom is 0.303 e. The quantitative estimate of drug-likeness (QED) is 0.0447. The zero-order valence-electron chi connectivity index (χ0n) is 38.5. The van der Waals surface area contributed by atoms with Crippen molar-refractivity contribution < 1.29 is 66.6 Å². The van der Waals surface area contributed by atoms with Crippen LogP contribution in [-0.4, -0.2) is 108 Å². The van der Waals surface area contributed by atoms with Gasteiger partial charge in [-0.25, -0.2) is 0 Å². The van der Waals surface area contributed by atoms with E-state index in [0.717, 1.165) is 40.3 Å². The number of carbonyl (C=O) groups excluding carboxylic acids is 5. The Morgan fingerprint density at radius 1 is 0.557 bits per heavy atom. The van der Waals surface area contributed by atoms with Gasteiger partial charge in [0.1, 0.15) is 48.6 Å². The average molecular weight is 995 g/mol. The van der Waals surface area contributed by atoms with Crippen molar-refractivity contribution in [1.29, 1.82) is 0 Å². The number of nitrogens with zero attached hydrogens (tertiary/aromatic N) is 1.